The second-order valence-corrected chi connectivity index (χ2v) is 3.08. The predicted molar refractivity (Wildman–Crippen MR) is 42.2 cm³/mol. The van der Waals surface area contributed by atoms with Gasteiger partial charge in [-0.3, -0.25) is 0 Å². The summed E-state index contributed by atoms with van der Waals surface area (Å²) in [5.41, 5.74) is 1.01. The molecule has 50 valence electrons. The van der Waals surface area contributed by atoms with Crippen LogP contribution in [0.1, 0.15) is 5.69 Å². The van der Waals surface area contributed by atoms with Gasteiger partial charge >= 0.3 is 0 Å². The summed E-state index contributed by atoms with van der Waals surface area (Å²) in [4.78, 5) is 0. The highest BCUT2D eigenvalue weighted by Gasteiger charge is 1.97. The van der Waals surface area contributed by atoms with E-state index >= 15 is 0 Å². The average molecular weight is 150 g/mol. The Morgan fingerprint density at radius 2 is 2.40 bits per heavy atom. The Hall–Kier alpha value is -0.960. The van der Waals surface area contributed by atoms with Gasteiger partial charge in [0.25, 0.3) is 0 Å². The fourth-order valence-corrected chi connectivity index (χ4v) is 1.74. The van der Waals surface area contributed by atoms with Crippen LogP contribution in [0, 0.1) is 6.92 Å². The SMILES string of the molecule is Cc1nncc2sccc12. The van der Waals surface area contributed by atoms with Gasteiger partial charge in [-0.1, -0.05) is 0 Å². The third-order valence-corrected chi connectivity index (χ3v) is 2.32. The van der Waals surface area contributed by atoms with Crippen LogP contribution in [0.2, 0.25) is 0 Å². The molecule has 2 aromatic rings. The number of thiophene rings is 1. The molecule has 0 bridgehead atoms. The molecule has 2 aromatic heterocycles. The first-order valence-electron chi connectivity index (χ1n) is 3.03. The maximum atomic E-state index is 3.94. The topological polar surface area (TPSA) is 25.8 Å². The first-order valence-corrected chi connectivity index (χ1v) is 3.91. The molecule has 0 atom stereocenters. The molecule has 0 aliphatic rings. The Labute approximate surface area is 62.5 Å². The van der Waals surface area contributed by atoms with Crippen molar-refractivity contribution in [3.05, 3.63) is 23.3 Å². The van der Waals surface area contributed by atoms with Gasteiger partial charge in [0, 0.05) is 5.39 Å². The summed E-state index contributed by atoms with van der Waals surface area (Å²) in [5, 5.41) is 11.1. The van der Waals surface area contributed by atoms with Crippen molar-refractivity contribution in [1.82, 2.24) is 10.2 Å². The van der Waals surface area contributed by atoms with Gasteiger partial charge in [-0.25, -0.2) is 0 Å². The summed E-state index contributed by atoms with van der Waals surface area (Å²) in [6.07, 6.45) is 1.80. The lowest BCUT2D eigenvalue weighted by Gasteiger charge is -1.89. The molecule has 2 rings (SSSR count). The lowest BCUT2D eigenvalue weighted by atomic mass is 10.3. The highest BCUT2D eigenvalue weighted by Crippen LogP contribution is 2.20. The van der Waals surface area contributed by atoms with Crippen molar-refractivity contribution in [2.24, 2.45) is 0 Å². The van der Waals surface area contributed by atoms with Crippen molar-refractivity contribution >= 4 is 21.4 Å². The zero-order valence-corrected chi connectivity index (χ0v) is 6.35. The summed E-state index contributed by atoms with van der Waals surface area (Å²) >= 11 is 1.70. The van der Waals surface area contributed by atoms with Crippen molar-refractivity contribution in [3.63, 3.8) is 0 Å². The highest BCUT2D eigenvalue weighted by atomic mass is 32.1. The summed E-state index contributed by atoms with van der Waals surface area (Å²) in [7, 11) is 0. The van der Waals surface area contributed by atoms with E-state index in [0.717, 1.165) is 5.69 Å². The van der Waals surface area contributed by atoms with Crippen molar-refractivity contribution in [3.8, 4) is 0 Å². The summed E-state index contributed by atoms with van der Waals surface area (Å²) in [5.74, 6) is 0. The number of aryl methyl sites for hydroxylation is 1. The molecule has 0 amide bonds. The van der Waals surface area contributed by atoms with E-state index in [9.17, 15) is 0 Å². The van der Waals surface area contributed by atoms with Crippen molar-refractivity contribution in [1.29, 1.82) is 0 Å². The van der Waals surface area contributed by atoms with E-state index in [2.05, 4.69) is 21.6 Å². The molecular weight excluding hydrogens is 144 g/mol. The Morgan fingerprint density at radius 1 is 1.50 bits per heavy atom. The molecular formula is C7H6N2S. The van der Waals surface area contributed by atoms with Gasteiger partial charge in [0.15, 0.2) is 0 Å². The molecule has 2 nitrogen and oxygen atoms in total. The van der Waals surface area contributed by atoms with Gasteiger partial charge < -0.3 is 0 Å². The summed E-state index contributed by atoms with van der Waals surface area (Å²) in [6, 6.07) is 2.07. The molecule has 0 radical (unpaired) electrons. The third-order valence-electron chi connectivity index (χ3n) is 1.47. The van der Waals surface area contributed by atoms with E-state index in [0.29, 0.717) is 0 Å². The maximum Gasteiger partial charge on any atom is 0.0686 e. The largest absolute Gasteiger partial charge is 0.157 e. The fourth-order valence-electron chi connectivity index (χ4n) is 0.942. The minimum absolute atomic E-state index is 1.01. The molecule has 0 unspecified atom stereocenters. The smallest absolute Gasteiger partial charge is 0.0686 e. The maximum absolute atomic E-state index is 3.94. The molecule has 0 fully saturated rings. The van der Waals surface area contributed by atoms with Crippen LogP contribution in [-0.4, -0.2) is 10.2 Å². The number of fused-ring (bicyclic) bond motifs is 1. The fraction of sp³-hybridized carbons (Fsp3) is 0.143. The molecule has 0 aliphatic carbocycles. The quantitative estimate of drug-likeness (QED) is 0.574. The van der Waals surface area contributed by atoms with E-state index < -0.39 is 0 Å². The van der Waals surface area contributed by atoms with E-state index in [-0.39, 0.29) is 0 Å². The molecule has 0 saturated carbocycles. The van der Waals surface area contributed by atoms with E-state index in [1.807, 2.05) is 6.92 Å². The summed E-state index contributed by atoms with van der Waals surface area (Å²) < 4.78 is 1.22. The van der Waals surface area contributed by atoms with Gasteiger partial charge in [0.1, 0.15) is 0 Å². The lowest BCUT2D eigenvalue weighted by Crippen LogP contribution is -1.82. The second kappa shape index (κ2) is 2.02. The first-order chi connectivity index (χ1) is 4.88. The molecule has 10 heavy (non-hydrogen) atoms. The molecule has 0 N–H and O–H groups in total. The minimum atomic E-state index is 1.01. The van der Waals surface area contributed by atoms with Crippen LogP contribution < -0.4 is 0 Å². The highest BCUT2D eigenvalue weighted by molar-refractivity contribution is 7.17. The number of nitrogens with zero attached hydrogens (tertiary/aromatic N) is 2. The normalized spacial score (nSPS) is 10.5. The van der Waals surface area contributed by atoms with Gasteiger partial charge in [-0.2, -0.15) is 10.2 Å². The minimum Gasteiger partial charge on any atom is -0.157 e. The Kier molecular flexibility index (Phi) is 1.17. The van der Waals surface area contributed by atoms with Crippen molar-refractivity contribution in [2.75, 3.05) is 0 Å². The monoisotopic (exact) mass is 150 g/mol. The van der Waals surface area contributed by atoms with E-state index in [4.69, 9.17) is 0 Å². The first kappa shape index (κ1) is 5.80. The van der Waals surface area contributed by atoms with Gasteiger partial charge in [-0.15, -0.1) is 11.3 Å². The van der Waals surface area contributed by atoms with Crippen molar-refractivity contribution in [2.45, 2.75) is 6.92 Å². The van der Waals surface area contributed by atoms with E-state index in [1.165, 1.54) is 10.1 Å². The molecule has 0 spiro atoms. The summed E-state index contributed by atoms with van der Waals surface area (Å²) in [6.45, 7) is 1.97. The van der Waals surface area contributed by atoms with Crippen LogP contribution in [0.4, 0.5) is 0 Å². The predicted octanol–water partition coefficient (Wildman–Crippen LogP) is 2.00. The van der Waals surface area contributed by atoms with Gasteiger partial charge in [0.2, 0.25) is 0 Å². The number of aromatic nitrogens is 2. The number of hydrogen-bond donors (Lipinski definition) is 0. The molecule has 2 heterocycles. The average Bonchev–Trinajstić information content (AvgIpc) is 2.36. The van der Waals surface area contributed by atoms with Crippen LogP contribution in [0.25, 0.3) is 10.1 Å². The van der Waals surface area contributed by atoms with Crippen LogP contribution in [0.3, 0.4) is 0 Å². The van der Waals surface area contributed by atoms with Crippen LogP contribution in [0.5, 0.6) is 0 Å². The Balaban J connectivity index is 2.95. The number of rotatable bonds is 0. The molecule has 3 heteroatoms. The van der Waals surface area contributed by atoms with Crippen LogP contribution in [-0.2, 0) is 0 Å². The third kappa shape index (κ3) is 0.708. The number of hydrogen-bond acceptors (Lipinski definition) is 3. The second-order valence-electron chi connectivity index (χ2n) is 2.13. The lowest BCUT2D eigenvalue weighted by molar-refractivity contribution is 1.01. The van der Waals surface area contributed by atoms with E-state index in [1.54, 1.807) is 17.5 Å². The molecule has 0 aliphatic heterocycles. The Morgan fingerprint density at radius 3 is 3.20 bits per heavy atom. The molecule has 0 aromatic carbocycles. The van der Waals surface area contributed by atoms with Gasteiger partial charge in [0.05, 0.1) is 16.6 Å². The standard InChI is InChI=1S/C7H6N2S/c1-5-6-2-3-10-7(6)4-8-9-5/h2-4H,1H3. The van der Waals surface area contributed by atoms with Crippen LogP contribution >= 0.6 is 11.3 Å². The zero-order valence-electron chi connectivity index (χ0n) is 5.53. The van der Waals surface area contributed by atoms with Crippen LogP contribution in [0.15, 0.2) is 17.6 Å². The molecule has 0 saturated heterocycles. The zero-order chi connectivity index (χ0) is 6.97. The van der Waals surface area contributed by atoms with Crippen molar-refractivity contribution < 1.29 is 0 Å². The van der Waals surface area contributed by atoms with Gasteiger partial charge in [-0.05, 0) is 18.4 Å². The Bertz CT molecular complexity index is 353.